The van der Waals surface area contributed by atoms with Crippen LogP contribution in [0, 0.1) is 0 Å². The van der Waals surface area contributed by atoms with E-state index in [2.05, 4.69) is 21.2 Å². The summed E-state index contributed by atoms with van der Waals surface area (Å²) in [6.07, 6.45) is 2.72. The van der Waals surface area contributed by atoms with E-state index in [0.717, 1.165) is 28.8 Å². The molecular weight excluding hydrogens is 342 g/mol. The molecule has 0 spiro atoms. The van der Waals surface area contributed by atoms with E-state index in [1.54, 1.807) is 7.11 Å². The second kappa shape index (κ2) is 8.00. The minimum Gasteiger partial charge on any atom is -0.496 e. The van der Waals surface area contributed by atoms with Gasteiger partial charge in [-0.15, -0.1) is 0 Å². The molecule has 0 bridgehead atoms. The molecule has 0 radical (unpaired) electrons. The van der Waals surface area contributed by atoms with Crippen LogP contribution in [0.1, 0.15) is 31.4 Å². The lowest BCUT2D eigenvalue weighted by atomic mass is 10.0. The smallest absolute Gasteiger partial charge is 0.147 e. The third kappa shape index (κ3) is 5.81. The first-order valence-electron chi connectivity index (χ1n) is 6.62. The average molecular weight is 364 g/mol. The van der Waals surface area contributed by atoms with Gasteiger partial charge in [0.25, 0.3) is 0 Å². The Kier molecular flexibility index (Phi) is 6.99. The first-order valence-corrected chi connectivity index (χ1v) is 9.47. The number of halogens is 1. The molecule has 6 heteroatoms. The zero-order chi connectivity index (χ0) is 15.2. The maximum atomic E-state index is 11.2. The van der Waals surface area contributed by atoms with E-state index in [1.807, 2.05) is 25.1 Å². The Morgan fingerprint density at radius 3 is 2.60 bits per heavy atom. The summed E-state index contributed by atoms with van der Waals surface area (Å²) >= 11 is 3.48. The number of rotatable bonds is 8. The van der Waals surface area contributed by atoms with Gasteiger partial charge >= 0.3 is 0 Å². The molecule has 1 aromatic rings. The first kappa shape index (κ1) is 17.5. The quantitative estimate of drug-likeness (QED) is 0.771. The molecule has 0 aromatic heterocycles. The molecular formula is C14H22BrNO3S. The largest absolute Gasteiger partial charge is 0.496 e. The zero-order valence-electron chi connectivity index (χ0n) is 12.1. The van der Waals surface area contributed by atoms with E-state index in [4.69, 9.17) is 4.74 Å². The predicted octanol–water partition coefficient (Wildman–Crippen LogP) is 2.93. The monoisotopic (exact) mass is 363 g/mol. The fourth-order valence-electron chi connectivity index (χ4n) is 2.08. The predicted molar refractivity (Wildman–Crippen MR) is 86.1 cm³/mol. The Hall–Kier alpha value is -0.590. The Bertz CT molecular complexity index is 531. The highest BCUT2D eigenvalue weighted by Crippen LogP contribution is 2.29. The molecule has 1 atom stereocenters. The molecule has 0 aliphatic carbocycles. The number of hydrogen-bond donors (Lipinski definition) is 1. The zero-order valence-corrected chi connectivity index (χ0v) is 14.6. The minimum atomic E-state index is -2.89. The van der Waals surface area contributed by atoms with Gasteiger partial charge in [0.15, 0.2) is 0 Å². The van der Waals surface area contributed by atoms with Gasteiger partial charge in [0.1, 0.15) is 15.6 Å². The minimum absolute atomic E-state index is 0.156. The SMILES string of the molecule is CCNC(CCCS(C)(=O)=O)c1ccc(OC)c(Br)c1. The van der Waals surface area contributed by atoms with Crippen molar-refractivity contribution < 1.29 is 13.2 Å². The van der Waals surface area contributed by atoms with E-state index < -0.39 is 9.84 Å². The number of nitrogens with one attached hydrogen (secondary N) is 1. The van der Waals surface area contributed by atoms with Gasteiger partial charge in [-0.1, -0.05) is 13.0 Å². The summed E-state index contributed by atoms with van der Waals surface area (Å²) in [6, 6.07) is 6.11. The van der Waals surface area contributed by atoms with Gasteiger partial charge < -0.3 is 10.1 Å². The van der Waals surface area contributed by atoms with Crippen LogP contribution in [-0.4, -0.2) is 34.1 Å². The Morgan fingerprint density at radius 2 is 2.10 bits per heavy atom. The van der Waals surface area contributed by atoms with Crippen molar-refractivity contribution in [2.75, 3.05) is 25.7 Å². The molecule has 1 rings (SSSR count). The molecule has 20 heavy (non-hydrogen) atoms. The molecule has 1 aromatic carbocycles. The van der Waals surface area contributed by atoms with Crippen LogP contribution in [0.3, 0.4) is 0 Å². The highest BCUT2D eigenvalue weighted by Gasteiger charge is 2.13. The van der Waals surface area contributed by atoms with Gasteiger partial charge in [-0.05, 0) is 53.0 Å². The molecule has 0 fully saturated rings. The highest BCUT2D eigenvalue weighted by molar-refractivity contribution is 9.10. The van der Waals surface area contributed by atoms with Crippen molar-refractivity contribution in [1.29, 1.82) is 0 Å². The standard InChI is InChI=1S/C14H22BrNO3S/c1-4-16-13(6-5-9-20(3,17)18)11-7-8-14(19-2)12(15)10-11/h7-8,10,13,16H,4-6,9H2,1-3H3. The summed E-state index contributed by atoms with van der Waals surface area (Å²) in [4.78, 5) is 0. The topological polar surface area (TPSA) is 55.4 Å². The number of methoxy groups -OCH3 is 1. The maximum Gasteiger partial charge on any atom is 0.147 e. The van der Waals surface area contributed by atoms with Crippen molar-refractivity contribution in [3.63, 3.8) is 0 Å². The molecule has 4 nitrogen and oxygen atoms in total. The van der Waals surface area contributed by atoms with Gasteiger partial charge in [0.2, 0.25) is 0 Å². The van der Waals surface area contributed by atoms with Crippen molar-refractivity contribution in [3.8, 4) is 5.75 Å². The molecule has 1 unspecified atom stereocenters. The van der Waals surface area contributed by atoms with Crippen molar-refractivity contribution in [2.45, 2.75) is 25.8 Å². The molecule has 0 saturated carbocycles. The van der Waals surface area contributed by atoms with Crippen molar-refractivity contribution in [2.24, 2.45) is 0 Å². The van der Waals surface area contributed by atoms with E-state index in [9.17, 15) is 8.42 Å². The van der Waals surface area contributed by atoms with Crippen LogP contribution in [0.25, 0.3) is 0 Å². The summed E-state index contributed by atoms with van der Waals surface area (Å²) in [5.74, 6) is 1.02. The molecule has 1 N–H and O–H groups in total. The van der Waals surface area contributed by atoms with Crippen LogP contribution >= 0.6 is 15.9 Å². The molecule has 0 aliphatic heterocycles. The van der Waals surface area contributed by atoms with Gasteiger partial charge in [-0.2, -0.15) is 0 Å². The van der Waals surface area contributed by atoms with Crippen molar-refractivity contribution in [3.05, 3.63) is 28.2 Å². The van der Waals surface area contributed by atoms with E-state index in [0.29, 0.717) is 6.42 Å². The third-order valence-corrected chi connectivity index (χ3v) is 4.69. The van der Waals surface area contributed by atoms with Crippen LogP contribution in [0.2, 0.25) is 0 Å². The maximum absolute atomic E-state index is 11.2. The van der Waals surface area contributed by atoms with Gasteiger partial charge in [0.05, 0.1) is 11.6 Å². The Morgan fingerprint density at radius 1 is 1.40 bits per heavy atom. The number of benzene rings is 1. The summed E-state index contributed by atoms with van der Waals surface area (Å²) in [5.41, 5.74) is 1.13. The van der Waals surface area contributed by atoms with Crippen LogP contribution in [0.5, 0.6) is 5.75 Å². The molecule has 0 amide bonds. The molecule has 0 heterocycles. The lowest BCUT2D eigenvalue weighted by molar-refractivity contribution is 0.411. The normalized spacial score (nSPS) is 13.2. The fraction of sp³-hybridized carbons (Fsp3) is 0.571. The summed E-state index contributed by atoms with van der Waals surface area (Å²) in [7, 11) is -1.26. The lowest BCUT2D eigenvalue weighted by Crippen LogP contribution is -2.21. The van der Waals surface area contributed by atoms with Crippen molar-refractivity contribution in [1.82, 2.24) is 5.32 Å². The number of sulfone groups is 1. The fourth-order valence-corrected chi connectivity index (χ4v) is 3.33. The van der Waals surface area contributed by atoms with E-state index in [1.165, 1.54) is 6.26 Å². The van der Waals surface area contributed by atoms with E-state index in [-0.39, 0.29) is 11.8 Å². The summed E-state index contributed by atoms with van der Waals surface area (Å²) in [5, 5.41) is 3.39. The van der Waals surface area contributed by atoms with Crippen LogP contribution in [0.15, 0.2) is 22.7 Å². The van der Waals surface area contributed by atoms with E-state index >= 15 is 0 Å². The second-order valence-corrected chi connectivity index (χ2v) is 7.89. The number of ether oxygens (including phenoxy) is 1. The molecule has 0 aliphatic rings. The van der Waals surface area contributed by atoms with Gasteiger partial charge in [-0.25, -0.2) is 8.42 Å². The average Bonchev–Trinajstić information content (AvgIpc) is 2.36. The Labute approximate surface area is 130 Å². The molecule has 0 saturated heterocycles. The number of hydrogen-bond acceptors (Lipinski definition) is 4. The first-order chi connectivity index (χ1) is 9.37. The highest BCUT2D eigenvalue weighted by atomic mass is 79.9. The summed E-state index contributed by atoms with van der Waals surface area (Å²) < 4.78 is 28.5. The van der Waals surface area contributed by atoms with Gasteiger partial charge in [-0.3, -0.25) is 0 Å². The van der Waals surface area contributed by atoms with Gasteiger partial charge in [0, 0.05) is 18.1 Å². The summed E-state index contributed by atoms with van der Waals surface area (Å²) in [6.45, 7) is 2.88. The lowest BCUT2D eigenvalue weighted by Gasteiger charge is -2.19. The van der Waals surface area contributed by atoms with Crippen molar-refractivity contribution >= 4 is 25.8 Å². The van der Waals surface area contributed by atoms with Crippen LogP contribution < -0.4 is 10.1 Å². The third-order valence-electron chi connectivity index (χ3n) is 3.04. The van der Waals surface area contributed by atoms with Crippen LogP contribution in [0.4, 0.5) is 0 Å². The Balaban J connectivity index is 2.77. The second-order valence-electron chi connectivity index (χ2n) is 4.78. The molecule has 114 valence electrons. The van der Waals surface area contributed by atoms with Crippen LogP contribution in [-0.2, 0) is 9.84 Å².